The van der Waals surface area contributed by atoms with E-state index in [4.69, 9.17) is 10.00 Å². The molecule has 4 heteroatoms. The minimum atomic E-state index is -0.258. The van der Waals surface area contributed by atoms with Gasteiger partial charge in [0.2, 0.25) is 0 Å². The Morgan fingerprint density at radius 3 is 2.79 bits per heavy atom. The van der Waals surface area contributed by atoms with E-state index in [1.807, 2.05) is 6.07 Å². The van der Waals surface area contributed by atoms with Gasteiger partial charge in [0.25, 0.3) is 0 Å². The smallest absolute Gasteiger partial charge is 0.143 e. The van der Waals surface area contributed by atoms with Gasteiger partial charge in [0.15, 0.2) is 0 Å². The number of halogens is 1. The lowest BCUT2D eigenvalue weighted by molar-refractivity contribution is 0.416. The average molecular weight is 256 g/mol. The third-order valence-electron chi connectivity index (χ3n) is 2.70. The summed E-state index contributed by atoms with van der Waals surface area (Å²) in [6.45, 7) is 0.486. The first-order valence-electron chi connectivity index (χ1n) is 5.79. The molecule has 0 heterocycles. The lowest BCUT2D eigenvalue weighted by Crippen LogP contribution is -2.01. The number of rotatable bonds is 4. The topological polar surface area (TPSA) is 45.0 Å². The van der Waals surface area contributed by atoms with Crippen LogP contribution in [0.4, 0.5) is 10.1 Å². The summed E-state index contributed by atoms with van der Waals surface area (Å²) >= 11 is 0. The molecule has 0 atom stereocenters. The monoisotopic (exact) mass is 256 g/mol. The van der Waals surface area contributed by atoms with Crippen LogP contribution in [0.15, 0.2) is 42.5 Å². The van der Waals surface area contributed by atoms with Crippen LogP contribution in [0.3, 0.4) is 0 Å². The molecule has 2 aromatic carbocycles. The number of nitrogens with one attached hydrogen (secondary N) is 1. The predicted molar refractivity (Wildman–Crippen MR) is 71.4 cm³/mol. The minimum absolute atomic E-state index is 0.258. The Labute approximate surface area is 111 Å². The summed E-state index contributed by atoms with van der Waals surface area (Å²) in [5.41, 5.74) is 2.14. The average Bonchev–Trinajstić information content (AvgIpc) is 2.45. The second-order valence-corrected chi connectivity index (χ2v) is 4.01. The number of methoxy groups -OCH3 is 1. The highest BCUT2D eigenvalue weighted by Gasteiger charge is 2.04. The molecular weight excluding hydrogens is 243 g/mol. The predicted octanol–water partition coefficient (Wildman–Crippen LogP) is 3.32. The summed E-state index contributed by atoms with van der Waals surface area (Å²) in [5, 5.41) is 12.0. The van der Waals surface area contributed by atoms with E-state index in [-0.39, 0.29) is 5.82 Å². The molecule has 0 unspecified atom stereocenters. The molecular formula is C15H13FN2O. The molecule has 0 amide bonds. The minimum Gasteiger partial charge on any atom is -0.495 e. The Balaban J connectivity index is 2.13. The molecule has 96 valence electrons. The first-order valence-corrected chi connectivity index (χ1v) is 5.79. The SMILES string of the molecule is COc1cc(C#N)ccc1NCc1cccc(F)c1. The van der Waals surface area contributed by atoms with Crippen molar-refractivity contribution in [3.05, 3.63) is 59.4 Å². The van der Waals surface area contributed by atoms with Crippen molar-refractivity contribution in [3.8, 4) is 11.8 Å². The fraction of sp³-hybridized carbons (Fsp3) is 0.133. The zero-order chi connectivity index (χ0) is 13.7. The molecule has 0 fully saturated rings. The number of benzene rings is 2. The summed E-state index contributed by atoms with van der Waals surface area (Å²) in [4.78, 5) is 0. The standard InChI is InChI=1S/C15H13FN2O/c1-19-15-8-11(9-17)5-6-14(15)18-10-12-3-2-4-13(16)7-12/h2-8,18H,10H2,1H3. The lowest BCUT2D eigenvalue weighted by Gasteiger charge is -2.11. The third kappa shape index (κ3) is 3.23. The number of nitriles is 1. The van der Waals surface area contributed by atoms with Crippen LogP contribution in [-0.2, 0) is 6.54 Å². The number of nitrogens with zero attached hydrogens (tertiary/aromatic N) is 1. The van der Waals surface area contributed by atoms with Crippen molar-refractivity contribution in [2.45, 2.75) is 6.54 Å². The second-order valence-electron chi connectivity index (χ2n) is 4.01. The van der Waals surface area contributed by atoms with Gasteiger partial charge >= 0.3 is 0 Å². The van der Waals surface area contributed by atoms with E-state index in [0.717, 1.165) is 11.3 Å². The van der Waals surface area contributed by atoms with E-state index in [1.165, 1.54) is 12.1 Å². The Bertz CT molecular complexity index is 620. The van der Waals surface area contributed by atoms with Crippen LogP contribution in [-0.4, -0.2) is 7.11 Å². The van der Waals surface area contributed by atoms with Crippen LogP contribution in [0.25, 0.3) is 0 Å². The molecule has 2 rings (SSSR count). The zero-order valence-electron chi connectivity index (χ0n) is 10.5. The Hall–Kier alpha value is -2.54. The quantitative estimate of drug-likeness (QED) is 0.912. The highest BCUT2D eigenvalue weighted by Crippen LogP contribution is 2.25. The maximum Gasteiger partial charge on any atom is 0.143 e. The molecule has 19 heavy (non-hydrogen) atoms. The van der Waals surface area contributed by atoms with Gasteiger partial charge in [0.1, 0.15) is 11.6 Å². The van der Waals surface area contributed by atoms with Crippen molar-refractivity contribution < 1.29 is 9.13 Å². The zero-order valence-corrected chi connectivity index (χ0v) is 10.5. The number of ether oxygens (including phenoxy) is 1. The first kappa shape index (κ1) is 12.9. The first-order chi connectivity index (χ1) is 9.22. The van der Waals surface area contributed by atoms with E-state index >= 15 is 0 Å². The molecule has 1 N–H and O–H groups in total. The maximum absolute atomic E-state index is 13.0. The third-order valence-corrected chi connectivity index (χ3v) is 2.70. The number of anilines is 1. The van der Waals surface area contributed by atoms with Gasteiger partial charge in [-0.25, -0.2) is 4.39 Å². The van der Waals surface area contributed by atoms with Crippen LogP contribution in [0.2, 0.25) is 0 Å². The van der Waals surface area contributed by atoms with E-state index in [9.17, 15) is 4.39 Å². The van der Waals surface area contributed by atoms with Crippen LogP contribution in [0.1, 0.15) is 11.1 Å². The highest BCUT2D eigenvalue weighted by molar-refractivity contribution is 5.59. The van der Waals surface area contributed by atoms with E-state index in [2.05, 4.69) is 11.4 Å². The van der Waals surface area contributed by atoms with Gasteiger partial charge in [-0.1, -0.05) is 12.1 Å². The molecule has 0 aromatic heterocycles. The molecule has 2 aromatic rings. The summed E-state index contributed by atoms with van der Waals surface area (Å²) < 4.78 is 18.3. The van der Waals surface area contributed by atoms with Crippen molar-refractivity contribution in [1.29, 1.82) is 5.26 Å². The fourth-order valence-corrected chi connectivity index (χ4v) is 1.75. The van der Waals surface area contributed by atoms with Crippen LogP contribution < -0.4 is 10.1 Å². The second kappa shape index (κ2) is 5.87. The largest absolute Gasteiger partial charge is 0.495 e. The van der Waals surface area contributed by atoms with E-state index in [1.54, 1.807) is 31.4 Å². The Morgan fingerprint density at radius 1 is 1.26 bits per heavy atom. The van der Waals surface area contributed by atoms with Gasteiger partial charge in [-0.3, -0.25) is 0 Å². The van der Waals surface area contributed by atoms with Crippen LogP contribution in [0.5, 0.6) is 5.75 Å². The summed E-state index contributed by atoms with van der Waals surface area (Å²) in [6.07, 6.45) is 0. The Kier molecular flexibility index (Phi) is 3.99. The van der Waals surface area contributed by atoms with Crippen molar-refractivity contribution in [2.75, 3.05) is 12.4 Å². The normalized spacial score (nSPS) is 9.74. The van der Waals surface area contributed by atoms with Gasteiger partial charge in [-0.2, -0.15) is 5.26 Å². The molecule has 0 aliphatic heterocycles. The van der Waals surface area contributed by atoms with Gasteiger partial charge in [-0.05, 0) is 29.8 Å². The number of hydrogen-bond donors (Lipinski definition) is 1. The summed E-state index contributed by atoms with van der Waals surface area (Å²) in [7, 11) is 1.55. The Morgan fingerprint density at radius 2 is 2.11 bits per heavy atom. The van der Waals surface area contributed by atoms with Gasteiger partial charge in [-0.15, -0.1) is 0 Å². The number of hydrogen-bond acceptors (Lipinski definition) is 3. The van der Waals surface area contributed by atoms with Crippen molar-refractivity contribution in [1.82, 2.24) is 0 Å². The van der Waals surface area contributed by atoms with Gasteiger partial charge in [0, 0.05) is 12.6 Å². The van der Waals surface area contributed by atoms with Gasteiger partial charge < -0.3 is 10.1 Å². The molecule has 0 saturated heterocycles. The molecule has 0 aliphatic rings. The molecule has 0 spiro atoms. The van der Waals surface area contributed by atoms with Crippen molar-refractivity contribution >= 4 is 5.69 Å². The van der Waals surface area contributed by atoms with E-state index < -0.39 is 0 Å². The molecule has 0 bridgehead atoms. The summed E-state index contributed by atoms with van der Waals surface area (Å²) in [6, 6.07) is 13.6. The van der Waals surface area contributed by atoms with Crippen molar-refractivity contribution in [2.24, 2.45) is 0 Å². The van der Waals surface area contributed by atoms with E-state index in [0.29, 0.717) is 17.9 Å². The highest BCUT2D eigenvalue weighted by atomic mass is 19.1. The maximum atomic E-state index is 13.0. The lowest BCUT2D eigenvalue weighted by atomic mass is 10.2. The van der Waals surface area contributed by atoms with Crippen LogP contribution in [0, 0.1) is 17.1 Å². The molecule has 0 radical (unpaired) electrons. The molecule has 0 aliphatic carbocycles. The molecule has 0 saturated carbocycles. The van der Waals surface area contributed by atoms with Gasteiger partial charge in [0.05, 0.1) is 24.4 Å². The fourth-order valence-electron chi connectivity index (χ4n) is 1.75. The van der Waals surface area contributed by atoms with Crippen molar-refractivity contribution in [3.63, 3.8) is 0 Å². The van der Waals surface area contributed by atoms with Crippen LogP contribution >= 0.6 is 0 Å². The molecule has 3 nitrogen and oxygen atoms in total. The summed E-state index contributed by atoms with van der Waals surface area (Å²) in [5.74, 6) is 0.335.